The van der Waals surface area contributed by atoms with Crippen molar-refractivity contribution in [1.29, 1.82) is 0 Å². The van der Waals surface area contributed by atoms with Crippen molar-refractivity contribution >= 4 is 21.8 Å². The molecule has 3 aromatic rings. The highest BCUT2D eigenvalue weighted by atomic mass is 32.2. The second-order valence-corrected chi connectivity index (χ2v) is 10.7. The van der Waals surface area contributed by atoms with E-state index in [0.29, 0.717) is 29.9 Å². The van der Waals surface area contributed by atoms with E-state index in [4.69, 9.17) is 5.84 Å². The Morgan fingerprint density at radius 3 is 2.51 bits per heavy atom. The van der Waals surface area contributed by atoms with Gasteiger partial charge in [-0.2, -0.15) is 12.8 Å². The Labute approximate surface area is 215 Å². The van der Waals surface area contributed by atoms with Crippen molar-refractivity contribution in [2.75, 3.05) is 13.1 Å². The molecule has 1 aliphatic rings. The fourth-order valence-corrected chi connectivity index (χ4v) is 5.57. The molecule has 192 valence electrons. The van der Waals surface area contributed by atoms with Gasteiger partial charge in [0.2, 0.25) is 5.91 Å². The highest BCUT2D eigenvalue weighted by Gasteiger charge is 2.30. The van der Waals surface area contributed by atoms with E-state index >= 15 is 0 Å². The number of likely N-dealkylation sites (tertiary alicyclic amines) is 1. The lowest BCUT2D eigenvalue weighted by Gasteiger charge is -2.31. The van der Waals surface area contributed by atoms with E-state index in [1.54, 1.807) is 18.0 Å². The molecule has 0 aliphatic carbocycles. The van der Waals surface area contributed by atoms with Crippen molar-refractivity contribution in [1.82, 2.24) is 14.3 Å². The van der Waals surface area contributed by atoms with Gasteiger partial charge in [-0.3, -0.25) is 14.6 Å². The molecule has 2 amide bonds. The van der Waals surface area contributed by atoms with Crippen LogP contribution in [0.5, 0.6) is 0 Å². The van der Waals surface area contributed by atoms with E-state index in [1.807, 2.05) is 18.2 Å². The van der Waals surface area contributed by atoms with Crippen molar-refractivity contribution < 1.29 is 22.4 Å². The smallest absolute Gasteiger partial charge is 0.283 e. The van der Waals surface area contributed by atoms with Crippen molar-refractivity contribution in [2.24, 2.45) is 5.84 Å². The first-order valence-electron chi connectivity index (χ1n) is 11.7. The Hall–Kier alpha value is -3.89. The van der Waals surface area contributed by atoms with Crippen LogP contribution in [0.1, 0.15) is 40.2 Å². The molecule has 2 aromatic carbocycles. The molecule has 2 heterocycles. The zero-order valence-corrected chi connectivity index (χ0v) is 21.1. The number of carbonyl (C=O) groups excluding carboxylic acids is 2. The van der Waals surface area contributed by atoms with Crippen molar-refractivity contribution in [3.63, 3.8) is 0 Å². The van der Waals surface area contributed by atoms with E-state index < -0.39 is 26.6 Å². The number of sulfonamides is 1. The second-order valence-electron chi connectivity index (χ2n) is 8.90. The average Bonchev–Trinajstić information content (AvgIpc) is 2.91. The lowest BCUT2D eigenvalue weighted by atomic mass is 9.89. The molecule has 0 atom stereocenters. The molecular weight excluding hydrogens is 495 g/mol. The first-order chi connectivity index (χ1) is 17.6. The predicted octanol–water partition coefficient (Wildman–Crippen LogP) is 3.79. The first kappa shape index (κ1) is 26.2. The number of aryl methyl sites for hydroxylation is 1. The van der Waals surface area contributed by atoms with Gasteiger partial charge in [0.05, 0.1) is 5.69 Å². The maximum Gasteiger partial charge on any atom is 0.283 e. The largest absolute Gasteiger partial charge is 0.339 e. The van der Waals surface area contributed by atoms with Crippen molar-refractivity contribution in [3.05, 3.63) is 96.0 Å². The van der Waals surface area contributed by atoms with Crippen LogP contribution in [0.15, 0.2) is 78.3 Å². The Morgan fingerprint density at radius 1 is 1.14 bits per heavy atom. The molecule has 0 unspecified atom stereocenters. The summed E-state index contributed by atoms with van der Waals surface area (Å²) in [5, 5.41) is 0. The molecule has 0 saturated carbocycles. The maximum atomic E-state index is 14.1. The summed E-state index contributed by atoms with van der Waals surface area (Å²) < 4.78 is 39.8. The summed E-state index contributed by atoms with van der Waals surface area (Å²) in [5.74, 6) is 3.88. The summed E-state index contributed by atoms with van der Waals surface area (Å²) in [6.45, 7) is 6.59. The zero-order valence-electron chi connectivity index (χ0n) is 20.3. The molecule has 1 saturated heterocycles. The predicted molar refractivity (Wildman–Crippen MR) is 137 cm³/mol. The number of hydrogen-bond donors (Lipinski definition) is 1. The number of pyridine rings is 1. The first-order valence-corrected chi connectivity index (χ1v) is 13.1. The number of rotatable bonds is 6. The summed E-state index contributed by atoms with van der Waals surface area (Å²) >= 11 is 0. The van der Waals surface area contributed by atoms with Gasteiger partial charge in [0.25, 0.3) is 15.9 Å². The lowest BCUT2D eigenvalue weighted by Crippen LogP contribution is -2.42. The van der Waals surface area contributed by atoms with Gasteiger partial charge in [0.1, 0.15) is 10.7 Å². The summed E-state index contributed by atoms with van der Waals surface area (Å²) in [5.41, 5.74) is 3.01. The van der Waals surface area contributed by atoms with Crippen molar-refractivity contribution in [3.8, 4) is 11.3 Å². The summed E-state index contributed by atoms with van der Waals surface area (Å²) in [7, 11) is -4.60. The Kier molecular flexibility index (Phi) is 7.51. The lowest BCUT2D eigenvalue weighted by molar-refractivity contribution is -0.127. The number of benzene rings is 2. The second kappa shape index (κ2) is 10.6. The minimum atomic E-state index is -4.60. The Bertz CT molecular complexity index is 1470. The molecule has 10 heteroatoms. The topological polar surface area (TPSA) is 114 Å². The molecule has 0 bridgehead atoms. The third-order valence-electron chi connectivity index (χ3n) is 6.43. The number of nitrogens with two attached hydrogens (primary N) is 1. The van der Waals surface area contributed by atoms with Gasteiger partial charge in [-0.05, 0) is 85.4 Å². The van der Waals surface area contributed by atoms with Crippen LogP contribution in [-0.4, -0.2) is 47.6 Å². The molecule has 37 heavy (non-hydrogen) atoms. The standard InChI is InChI=1S/C27H27FN4O4S/c1-3-26(33)31-12-9-19(10-13-31)20-8-11-30-24(17-20)21-14-18(2)15-22(16-21)27(34)32(29)37(35,36)25-7-5-4-6-23(25)28/h3-8,11,14-17,19H,1,9-10,12-13,29H2,2H3. The van der Waals surface area contributed by atoms with Gasteiger partial charge in [-0.15, -0.1) is 0 Å². The fourth-order valence-electron chi connectivity index (χ4n) is 4.47. The number of hydrogen-bond acceptors (Lipinski definition) is 6. The minimum absolute atomic E-state index is 0.0286. The quantitative estimate of drug-likeness (QED) is 0.228. The van der Waals surface area contributed by atoms with Gasteiger partial charge in [0.15, 0.2) is 0 Å². The highest BCUT2D eigenvalue weighted by Crippen LogP contribution is 2.31. The van der Waals surface area contributed by atoms with Gasteiger partial charge < -0.3 is 4.90 Å². The molecule has 0 spiro atoms. The number of aromatic nitrogens is 1. The van der Waals surface area contributed by atoms with Crippen LogP contribution >= 0.6 is 0 Å². The van der Waals surface area contributed by atoms with Gasteiger partial charge >= 0.3 is 0 Å². The highest BCUT2D eigenvalue weighted by molar-refractivity contribution is 7.89. The molecule has 4 rings (SSSR count). The zero-order chi connectivity index (χ0) is 26.7. The van der Waals surface area contributed by atoms with Crippen LogP contribution in [-0.2, 0) is 14.8 Å². The molecule has 0 radical (unpaired) electrons. The number of halogens is 1. The van der Waals surface area contributed by atoms with Crippen LogP contribution in [0.4, 0.5) is 4.39 Å². The minimum Gasteiger partial charge on any atom is -0.339 e. The molecular formula is C27H27FN4O4S. The van der Waals surface area contributed by atoms with Crippen LogP contribution < -0.4 is 5.84 Å². The molecule has 8 nitrogen and oxygen atoms in total. The van der Waals surface area contributed by atoms with Gasteiger partial charge in [0, 0.05) is 30.4 Å². The Morgan fingerprint density at radius 2 is 1.84 bits per heavy atom. The maximum absolute atomic E-state index is 14.1. The molecule has 2 N–H and O–H groups in total. The SMILES string of the molecule is C=CC(=O)N1CCC(c2ccnc(-c3cc(C)cc(C(=O)N(N)S(=O)(=O)c4ccccc4F)c3)c2)CC1. The van der Waals surface area contributed by atoms with E-state index in [0.717, 1.165) is 30.5 Å². The van der Waals surface area contributed by atoms with Crippen LogP contribution in [0, 0.1) is 12.7 Å². The summed E-state index contributed by atoms with van der Waals surface area (Å²) in [6, 6.07) is 13.5. The van der Waals surface area contributed by atoms with Crippen LogP contribution in [0.2, 0.25) is 0 Å². The molecule has 1 aliphatic heterocycles. The number of piperidine rings is 1. The third-order valence-corrected chi connectivity index (χ3v) is 8.00. The number of amides is 2. The average molecular weight is 523 g/mol. The van der Waals surface area contributed by atoms with Gasteiger partial charge in [-0.25, -0.2) is 10.2 Å². The van der Waals surface area contributed by atoms with Crippen molar-refractivity contribution in [2.45, 2.75) is 30.6 Å². The van der Waals surface area contributed by atoms with Crippen LogP contribution in [0.25, 0.3) is 11.3 Å². The Balaban J connectivity index is 1.60. The van der Waals surface area contributed by atoms with E-state index in [-0.39, 0.29) is 21.8 Å². The van der Waals surface area contributed by atoms with E-state index in [1.165, 1.54) is 30.3 Å². The number of nitrogens with zero attached hydrogens (tertiary/aromatic N) is 3. The number of hydrazine groups is 1. The normalized spacial score (nSPS) is 14.3. The third kappa shape index (κ3) is 5.45. The molecule has 1 fully saturated rings. The monoisotopic (exact) mass is 522 g/mol. The van der Waals surface area contributed by atoms with E-state index in [9.17, 15) is 22.4 Å². The number of carbonyl (C=O) groups is 2. The van der Waals surface area contributed by atoms with E-state index in [2.05, 4.69) is 11.6 Å². The van der Waals surface area contributed by atoms with Crippen LogP contribution in [0.3, 0.4) is 0 Å². The van der Waals surface area contributed by atoms with Gasteiger partial charge in [-0.1, -0.05) is 18.7 Å². The molecule has 1 aromatic heterocycles. The summed E-state index contributed by atoms with van der Waals surface area (Å²) in [4.78, 5) is 30.5. The summed E-state index contributed by atoms with van der Waals surface area (Å²) in [6.07, 6.45) is 4.62. The fraction of sp³-hybridized carbons (Fsp3) is 0.222.